The molecule has 3 heterocycles. The molecule has 4 rings (SSSR count). The number of hydrogen-bond acceptors (Lipinski definition) is 4. The predicted octanol–water partition coefficient (Wildman–Crippen LogP) is 5.65. The molecule has 0 saturated carbocycles. The molecule has 0 amide bonds. The van der Waals surface area contributed by atoms with Crippen molar-refractivity contribution in [2.75, 3.05) is 14.2 Å². The van der Waals surface area contributed by atoms with Crippen molar-refractivity contribution in [3.05, 3.63) is 41.3 Å². The third kappa shape index (κ3) is 3.02. The second-order valence-corrected chi connectivity index (χ2v) is 7.89. The number of fused-ring (bicyclic) bond motifs is 3. The van der Waals surface area contributed by atoms with Gasteiger partial charge in [-0.3, -0.25) is 0 Å². The number of aromatic nitrogens is 4. The van der Waals surface area contributed by atoms with Gasteiger partial charge in [0.2, 0.25) is 0 Å². The molecule has 3 aromatic heterocycles. The van der Waals surface area contributed by atoms with Gasteiger partial charge in [-0.05, 0) is 45.2 Å². The van der Waals surface area contributed by atoms with Crippen molar-refractivity contribution in [2.24, 2.45) is 0 Å². The SMILES string of the molecule is CCC(CC)n1cc(-c2c(C)cc(OC)cc2OC)c2c(C)nc3cc(C)nn3c21. The molecule has 0 atom stereocenters. The van der Waals surface area contributed by atoms with Gasteiger partial charge in [-0.1, -0.05) is 13.8 Å². The molecule has 0 bridgehead atoms. The highest BCUT2D eigenvalue weighted by Crippen LogP contribution is 2.43. The molecule has 0 spiro atoms. The van der Waals surface area contributed by atoms with Gasteiger partial charge in [-0.25, -0.2) is 4.98 Å². The number of nitrogens with zero attached hydrogens (tertiary/aromatic N) is 4. The number of ether oxygens (including phenoxy) is 2. The second-order valence-electron chi connectivity index (χ2n) is 7.89. The van der Waals surface area contributed by atoms with Gasteiger partial charge in [0.15, 0.2) is 5.65 Å². The molecular weight excluding hydrogens is 376 g/mol. The number of aryl methyl sites for hydroxylation is 3. The molecule has 30 heavy (non-hydrogen) atoms. The Morgan fingerprint density at radius 2 is 1.73 bits per heavy atom. The van der Waals surface area contributed by atoms with E-state index in [1.807, 2.05) is 23.6 Å². The van der Waals surface area contributed by atoms with Crippen molar-refractivity contribution in [3.63, 3.8) is 0 Å². The van der Waals surface area contributed by atoms with Crippen LogP contribution in [-0.4, -0.2) is 33.4 Å². The maximum Gasteiger partial charge on any atom is 0.157 e. The number of hydrogen-bond donors (Lipinski definition) is 0. The molecule has 0 aliphatic carbocycles. The molecule has 0 aliphatic heterocycles. The Labute approximate surface area is 177 Å². The average molecular weight is 407 g/mol. The quantitative estimate of drug-likeness (QED) is 0.415. The van der Waals surface area contributed by atoms with Crippen LogP contribution in [0.5, 0.6) is 11.5 Å². The van der Waals surface area contributed by atoms with E-state index in [-0.39, 0.29) is 0 Å². The fraction of sp³-hybridized carbons (Fsp3) is 0.417. The molecule has 0 N–H and O–H groups in total. The summed E-state index contributed by atoms with van der Waals surface area (Å²) >= 11 is 0. The monoisotopic (exact) mass is 406 g/mol. The summed E-state index contributed by atoms with van der Waals surface area (Å²) in [5.41, 5.74) is 7.22. The molecule has 6 heteroatoms. The summed E-state index contributed by atoms with van der Waals surface area (Å²) in [5, 5.41) is 5.89. The van der Waals surface area contributed by atoms with Crippen LogP contribution in [0.15, 0.2) is 24.4 Å². The normalized spacial score (nSPS) is 11.7. The first-order valence-electron chi connectivity index (χ1n) is 10.5. The van der Waals surface area contributed by atoms with Gasteiger partial charge in [0.1, 0.15) is 17.1 Å². The van der Waals surface area contributed by atoms with Crippen LogP contribution in [0.25, 0.3) is 27.8 Å². The van der Waals surface area contributed by atoms with E-state index in [1.165, 1.54) is 0 Å². The van der Waals surface area contributed by atoms with E-state index in [4.69, 9.17) is 19.6 Å². The highest BCUT2D eigenvalue weighted by atomic mass is 16.5. The summed E-state index contributed by atoms with van der Waals surface area (Å²) in [4.78, 5) is 4.88. The van der Waals surface area contributed by atoms with E-state index < -0.39 is 0 Å². The molecule has 6 nitrogen and oxygen atoms in total. The standard InChI is InChI=1S/C24H30N4O2/c1-8-17(9-2)27-13-19(22-14(3)10-18(29-6)12-20(22)30-7)23-16(5)25-21-11-15(4)26-28(21)24(23)27/h10-13,17H,8-9H2,1-7H3. The highest BCUT2D eigenvalue weighted by molar-refractivity contribution is 5.99. The lowest BCUT2D eigenvalue weighted by Gasteiger charge is -2.16. The highest BCUT2D eigenvalue weighted by Gasteiger charge is 2.24. The summed E-state index contributed by atoms with van der Waals surface area (Å²) in [6, 6.07) is 6.41. The fourth-order valence-corrected chi connectivity index (χ4v) is 4.53. The Bertz CT molecular complexity index is 1230. The molecular formula is C24H30N4O2. The first-order valence-corrected chi connectivity index (χ1v) is 10.5. The van der Waals surface area contributed by atoms with Crippen LogP contribution >= 0.6 is 0 Å². The first-order chi connectivity index (χ1) is 14.4. The van der Waals surface area contributed by atoms with Gasteiger partial charge in [0.25, 0.3) is 0 Å². The van der Waals surface area contributed by atoms with Crippen molar-refractivity contribution in [1.82, 2.24) is 19.2 Å². The van der Waals surface area contributed by atoms with Gasteiger partial charge >= 0.3 is 0 Å². The summed E-state index contributed by atoms with van der Waals surface area (Å²) in [6.07, 6.45) is 4.34. The number of benzene rings is 1. The molecule has 0 aliphatic rings. The lowest BCUT2D eigenvalue weighted by molar-refractivity contribution is 0.395. The summed E-state index contributed by atoms with van der Waals surface area (Å²) < 4.78 is 15.6. The zero-order valence-electron chi connectivity index (χ0n) is 18.9. The first kappa shape index (κ1) is 20.3. The summed E-state index contributed by atoms with van der Waals surface area (Å²) in [6.45, 7) is 10.7. The largest absolute Gasteiger partial charge is 0.497 e. The minimum absolute atomic E-state index is 0.375. The zero-order valence-corrected chi connectivity index (χ0v) is 18.9. The average Bonchev–Trinajstić information content (AvgIpc) is 3.29. The van der Waals surface area contributed by atoms with Crippen LogP contribution < -0.4 is 9.47 Å². The summed E-state index contributed by atoms with van der Waals surface area (Å²) in [5.74, 6) is 1.59. The summed E-state index contributed by atoms with van der Waals surface area (Å²) in [7, 11) is 3.38. The Morgan fingerprint density at radius 1 is 1.00 bits per heavy atom. The Balaban J connectivity index is 2.16. The molecule has 0 unspecified atom stereocenters. The second kappa shape index (κ2) is 7.67. The van der Waals surface area contributed by atoms with Crippen LogP contribution in [0.1, 0.15) is 49.7 Å². The van der Waals surface area contributed by atoms with E-state index >= 15 is 0 Å². The van der Waals surface area contributed by atoms with Gasteiger partial charge in [0, 0.05) is 40.9 Å². The lowest BCUT2D eigenvalue weighted by Crippen LogP contribution is -2.09. The minimum atomic E-state index is 0.375. The van der Waals surface area contributed by atoms with E-state index in [2.05, 4.69) is 44.5 Å². The predicted molar refractivity (Wildman–Crippen MR) is 121 cm³/mol. The molecule has 0 radical (unpaired) electrons. The van der Waals surface area contributed by atoms with Gasteiger partial charge in [-0.2, -0.15) is 9.61 Å². The van der Waals surface area contributed by atoms with Crippen molar-refractivity contribution >= 4 is 16.7 Å². The van der Waals surface area contributed by atoms with E-state index in [1.54, 1.807) is 14.2 Å². The smallest absolute Gasteiger partial charge is 0.157 e. The third-order valence-electron chi connectivity index (χ3n) is 6.00. The van der Waals surface area contributed by atoms with Crippen LogP contribution in [0.4, 0.5) is 0 Å². The maximum absolute atomic E-state index is 5.79. The van der Waals surface area contributed by atoms with Crippen LogP contribution in [0.2, 0.25) is 0 Å². The zero-order chi connectivity index (χ0) is 21.6. The number of methoxy groups -OCH3 is 2. The van der Waals surface area contributed by atoms with E-state index in [0.717, 1.165) is 69.1 Å². The molecule has 4 aromatic rings. The van der Waals surface area contributed by atoms with Crippen molar-refractivity contribution in [2.45, 2.75) is 53.5 Å². The minimum Gasteiger partial charge on any atom is -0.497 e. The van der Waals surface area contributed by atoms with Crippen LogP contribution in [-0.2, 0) is 0 Å². The van der Waals surface area contributed by atoms with Crippen molar-refractivity contribution in [3.8, 4) is 22.6 Å². The Morgan fingerprint density at radius 3 is 2.37 bits per heavy atom. The van der Waals surface area contributed by atoms with E-state index in [0.29, 0.717) is 6.04 Å². The third-order valence-corrected chi connectivity index (χ3v) is 6.00. The van der Waals surface area contributed by atoms with Crippen molar-refractivity contribution < 1.29 is 9.47 Å². The maximum atomic E-state index is 5.79. The molecule has 0 fully saturated rings. The van der Waals surface area contributed by atoms with E-state index in [9.17, 15) is 0 Å². The Kier molecular flexibility index (Phi) is 5.18. The van der Waals surface area contributed by atoms with Crippen LogP contribution in [0, 0.1) is 20.8 Å². The lowest BCUT2D eigenvalue weighted by atomic mass is 9.98. The molecule has 1 aromatic carbocycles. The topological polar surface area (TPSA) is 53.6 Å². The Hall–Kier alpha value is -3.02. The van der Waals surface area contributed by atoms with Gasteiger partial charge in [0.05, 0.1) is 25.6 Å². The van der Waals surface area contributed by atoms with Crippen LogP contribution in [0.3, 0.4) is 0 Å². The molecule has 158 valence electrons. The van der Waals surface area contributed by atoms with Crippen molar-refractivity contribution in [1.29, 1.82) is 0 Å². The van der Waals surface area contributed by atoms with Gasteiger partial charge < -0.3 is 14.0 Å². The molecule has 0 saturated heterocycles. The number of rotatable bonds is 6. The van der Waals surface area contributed by atoms with Gasteiger partial charge in [-0.15, -0.1) is 0 Å². The fourth-order valence-electron chi connectivity index (χ4n) is 4.53.